The Balaban J connectivity index is 1.65. The number of aliphatic hydroxyl groups excluding tert-OH is 2. The van der Waals surface area contributed by atoms with Gasteiger partial charge in [0.25, 0.3) is 0 Å². The van der Waals surface area contributed by atoms with Gasteiger partial charge in [-0.05, 0) is 72.1 Å². The van der Waals surface area contributed by atoms with Crippen molar-refractivity contribution >= 4 is 0 Å². The number of nitrogens with one attached hydrogen (secondary N) is 1. The van der Waals surface area contributed by atoms with Crippen molar-refractivity contribution in [3.63, 3.8) is 0 Å². The molecule has 1 unspecified atom stereocenters. The van der Waals surface area contributed by atoms with Gasteiger partial charge in [0.05, 0.1) is 30.4 Å². The molecule has 0 aliphatic heterocycles. The average Bonchev–Trinajstić information content (AvgIpc) is 3.20. The summed E-state index contributed by atoms with van der Waals surface area (Å²) < 4.78 is 15.5. The van der Waals surface area contributed by atoms with Crippen LogP contribution in [0.15, 0.2) is 48.9 Å². The van der Waals surface area contributed by atoms with Crippen LogP contribution < -0.4 is 5.32 Å². The van der Waals surface area contributed by atoms with Crippen molar-refractivity contribution in [2.75, 3.05) is 6.54 Å². The zero-order valence-corrected chi connectivity index (χ0v) is 20.1. The summed E-state index contributed by atoms with van der Waals surface area (Å²) in [5, 5.41) is 23.2. The molecule has 3 N–H and O–H groups in total. The first-order chi connectivity index (χ1) is 15.6. The minimum absolute atomic E-state index is 0.0975. The van der Waals surface area contributed by atoms with E-state index in [0.717, 1.165) is 28.8 Å². The molecule has 1 aromatic heterocycles. The standard InChI is InChI=1S/C27H36FN3O2/c1-19-9-20(12-23(28)10-19)5-7-25(33)15-29-14-22-11-21(13-27(2,3)4)6-8-26(22)31-16-24(17-32)30-18-31/h6,8-12,16,18,25,29,32-33H,5,7,13-15,17H2,1-4H3. The number of nitrogens with zero attached hydrogens (tertiary/aromatic N) is 2. The van der Waals surface area contributed by atoms with Gasteiger partial charge in [0, 0.05) is 19.3 Å². The number of hydrogen-bond acceptors (Lipinski definition) is 4. The van der Waals surface area contributed by atoms with E-state index < -0.39 is 6.10 Å². The molecule has 0 fully saturated rings. The number of aromatic nitrogens is 2. The van der Waals surface area contributed by atoms with Crippen LogP contribution in [0.2, 0.25) is 0 Å². The van der Waals surface area contributed by atoms with Crippen molar-refractivity contribution in [3.05, 3.63) is 82.7 Å². The second kappa shape index (κ2) is 11.1. The molecule has 0 aliphatic carbocycles. The molecule has 3 rings (SSSR count). The number of imidazole rings is 1. The molecule has 33 heavy (non-hydrogen) atoms. The van der Waals surface area contributed by atoms with E-state index in [9.17, 15) is 14.6 Å². The summed E-state index contributed by atoms with van der Waals surface area (Å²) >= 11 is 0. The van der Waals surface area contributed by atoms with Gasteiger partial charge in [0.1, 0.15) is 5.82 Å². The van der Waals surface area contributed by atoms with E-state index in [-0.39, 0.29) is 17.8 Å². The molecule has 1 heterocycles. The fourth-order valence-electron chi connectivity index (χ4n) is 4.10. The van der Waals surface area contributed by atoms with Crippen molar-refractivity contribution in [1.82, 2.24) is 14.9 Å². The molecule has 0 aliphatic rings. The second-order valence-corrected chi connectivity index (χ2v) is 10.1. The predicted molar refractivity (Wildman–Crippen MR) is 130 cm³/mol. The van der Waals surface area contributed by atoms with Crippen molar-refractivity contribution in [2.45, 2.75) is 66.2 Å². The summed E-state index contributed by atoms with van der Waals surface area (Å²) in [5.41, 5.74) is 5.95. The maximum atomic E-state index is 13.6. The molecule has 0 spiro atoms. The van der Waals surface area contributed by atoms with Crippen LogP contribution in [-0.4, -0.2) is 32.4 Å². The molecule has 0 amide bonds. The van der Waals surface area contributed by atoms with Gasteiger partial charge >= 0.3 is 0 Å². The Morgan fingerprint density at radius 3 is 2.58 bits per heavy atom. The number of benzene rings is 2. The number of aryl methyl sites for hydroxylation is 2. The summed E-state index contributed by atoms with van der Waals surface area (Å²) in [4.78, 5) is 4.23. The van der Waals surface area contributed by atoms with Gasteiger partial charge < -0.3 is 20.1 Å². The van der Waals surface area contributed by atoms with Crippen molar-refractivity contribution in [2.24, 2.45) is 5.41 Å². The van der Waals surface area contributed by atoms with Crippen LogP contribution in [-0.2, 0) is 26.0 Å². The normalized spacial score (nSPS) is 12.8. The first-order valence-electron chi connectivity index (χ1n) is 11.5. The van der Waals surface area contributed by atoms with E-state index in [0.29, 0.717) is 31.6 Å². The SMILES string of the molecule is Cc1cc(F)cc(CCC(O)CNCc2cc(CC(C)(C)C)ccc2-n2cnc(CO)c2)c1. The zero-order chi connectivity index (χ0) is 24.0. The number of hydrogen-bond donors (Lipinski definition) is 3. The van der Waals surface area contributed by atoms with Crippen LogP contribution >= 0.6 is 0 Å². The van der Waals surface area contributed by atoms with E-state index in [1.54, 1.807) is 6.33 Å². The van der Waals surface area contributed by atoms with Gasteiger partial charge in [-0.2, -0.15) is 0 Å². The smallest absolute Gasteiger partial charge is 0.123 e. The zero-order valence-electron chi connectivity index (χ0n) is 20.1. The number of rotatable bonds is 10. The molecular weight excluding hydrogens is 417 g/mol. The van der Waals surface area contributed by atoms with Crippen molar-refractivity contribution in [1.29, 1.82) is 0 Å². The predicted octanol–water partition coefficient (Wildman–Crippen LogP) is 4.48. The maximum Gasteiger partial charge on any atom is 0.123 e. The molecule has 0 saturated carbocycles. The van der Waals surface area contributed by atoms with Crippen molar-refractivity contribution in [3.8, 4) is 5.69 Å². The minimum Gasteiger partial charge on any atom is -0.392 e. The molecular formula is C27H36FN3O2. The highest BCUT2D eigenvalue weighted by molar-refractivity contribution is 5.44. The summed E-state index contributed by atoms with van der Waals surface area (Å²) in [6, 6.07) is 11.4. The Bertz CT molecular complexity index is 1040. The van der Waals surface area contributed by atoms with Gasteiger partial charge in [-0.1, -0.05) is 39.0 Å². The Hall–Kier alpha value is -2.54. The molecule has 0 saturated heterocycles. The highest BCUT2D eigenvalue weighted by Gasteiger charge is 2.14. The minimum atomic E-state index is -0.524. The van der Waals surface area contributed by atoms with Gasteiger partial charge in [0.15, 0.2) is 0 Å². The molecule has 2 aromatic carbocycles. The third-order valence-electron chi connectivity index (χ3n) is 5.52. The van der Waals surface area contributed by atoms with Crippen LogP contribution in [0.3, 0.4) is 0 Å². The first-order valence-corrected chi connectivity index (χ1v) is 11.5. The van der Waals surface area contributed by atoms with E-state index in [2.05, 4.69) is 49.3 Å². The van der Waals surface area contributed by atoms with E-state index in [1.807, 2.05) is 23.8 Å². The lowest BCUT2D eigenvalue weighted by molar-refractivity contribution is 0.161. The maximum absolute atomic E-state index is 13.6. The highest BCUT2D eigenvalue weighted by Crippen LogP contribution is 2.24. The lowest BCUT2D eigenvalue weighted by atomic mass is 9.87. The summed E-state index contributed by atoms with van der Waals surface area (Å²) in [6.45, 7) is 9.48. The summed E-state index contributed by atoms with van der Waals surface area (Å²) in [5.74, 6) is -0.232. The Labute approximate surface area is 196 Å². The van der Waals surface area contributed by atoms with Crippen LogP contribution in [0.4, 0.5) is 4.39 Å². The third kappa shape index (κ3) is 7.77. The van der Waals surface area contributed by atoms with Gasteiger partial charge in [0.2, 0.25) is 0 Å². The quantitative estimate of drug-likeness (QED) is 0.423. The van der Waals surface area contributed by atoms with E-state index in [4.69, 9.17) is 0 Å². The third-order valence-corrected chi connectivity index (χ3v) is 5.52. The van der Waals surface area contributed by atoms with Gasteiger partial charge in [-0.25, -0.2) is 9.37 Å². The Kier molecular flexibility index (Phi) is 8.40. The summed E-state index contributed by atoms with van der Waals surface area (Å²) in [7, 11) is 0. The van der Waals surface area contributed by atoms with E-state index >= 15 is 0 Å². The Morgan fingerprint density at radius 2 is 1.91 bits per heavy atom. The largest absolute Gasteiger partial charge is 0.392 e. The lowest BCUT2D eigenvalue weighted by Gasteiger charge is -2.20. The van der Waals surface area contributed by atoms with Crippen molar-refractivity contribution < 1.29 is 14.6 Å². The van der Waals surface area contributed by atoms with E-state index in [1.165, 1.54) is 17.7 Å². The van der Waals surface area contributed by atoms with Gasteiger partial charge in [-0.15, -0.1) is 0 Å². The average molecular weight is 454 g/mol. The van der Waals surface area contributed by atoms with Gasteiger partial charge in [-0.3, -0.25) is 0 Å². The number of aliphatic hydroxyl groups is 2. The Morgan fingerprint density at radius 1 is 1.12 bits per heavy atom. The molecule has 6 heteroatoms. The number of halogens is 1. The highest BCUT2D eigenvalue weighted by atomic mass is 19.1. The molecule has 0 bridgehead atoms. The fourth-order valence-corrected chi connectivity index (χ4v) is 4.10. The second-order valence-electron chi connectivity index (χ2n) is 10.1. The van der Waals surface area contributed by atoms with Crippen LogP contribution in [0, 0.1) is 18.2 Å². The summed E-state index contributed by atoms with van der Waals surface area (Å²) in [6.07, 6.45) is 5.17. The molecule has 3 aromatic rings. The molecule has 178 valence electrons. The van der Waals surface area contributed by atoms with Crippen LogP contribution in [0.1, 0.15) is 55.1 Å². The lowest BCUT2D eigenvalue weighted by Crippen LogP contribution is -2.27. The molecule has 5 nitrogen and oxygen atoms in total. The first kappa shape index (κ1) is 25.1. The molecule has 0 radical (unpaired) electrons. The monoisotopic (exact) mass is 453 g/mol. The van der Waals surface area contributed by atoms with Crippen LogP contribution in [0.5, 0.6) is 0 Å². The topological polar surface area (TPSA) is 70.3 Å². The van der Waals surface area contributed by atoms with Crippen LogP contribution in [0.25, 0.3) is 5.69 Å². The molecule has 1 atom stereocenters. The fraction of sp³-hybridized carbons (Fsp3) is 0.444.